The molecule has 0 bridgehead atoms. The van der Waals surface area contributed by atoms with E-state index in [1.165, 1.54) is 29.6 Å². The second kappa shape index (κ2) is 11.8. The lowest BCUT2D eigenvalue weighted by molar-refractivity contribution is 0.102. The van der Waals surface area contributed by atoms with Crippen LogP contribution in [0.4, 0.5) is 10.5 Å². The van der Waals surface area contributed by atoms with Crippen LogP contribution in [-0.4, -0.2) is 45.3 Å². The number of rotatable bonds is 9. The van der Waals surface area contributed by atoms with Gasteiger partial charge in [0.1, 0.15) is 5.69 Å². The van der Waals surface area contributed by atoms with Crippen LogP contribution in [0.1, 0.15) is 60.6 Å². The van der Waals surface area contributed by atoms with Crippen molar-refractivity contribution in [3.63, 3.8) is 0 Å². The number of nitrogens with zero attached hydrogens (tertiary/aromatic N) is 2. The predicted octanol–water partition coefficient (Wildman–Crippen LogP) is 6.45. The van der Waals surface area contributed by atoms with Gasteiger partial charge in [-0.2, -0.15) is 5.10 Å². The molecular weight excluding hydrogens is 500 g/mol. The van der Waals surface area contributed by atoms with Gasteiger partial charge in [-0.25, -0.2) is 5.01 Å². The number of hydrogen-bond donors (Lipinski definition) is 2. The first kappa shape index (κ1) is 25.9. The second-order valence-corrected chi connectivity index (χ2v) is 10.6. The van der Waals surface area contributed by atoms with Gasteiger partial charge >= 0.3 is 5.24 Å². The van der Waals surface area contributed by atoms with Crippen molar-refractivity contribution in [2.75, 3.05) is 12.4 Å². The highest BCUT2D eigenvalue weighted by atomic mass is 32.2. The van der Waals surface area contributed by atoms with Gasteiger partial charge in [0, 0.05) is 17.4 Å². The van der Waals surface area contributed by atoms with Gasteiger partial charge in [-0.05, 0) is 80.1 Å². The first-order valence-electron chi connectivity index (χ1n) is 13.0. The van der Waals surface area contributed by atoms with Crippen molar-refractivity contribution in [1.82, 2.24) is 9.99 Å². The molecule has 1 saturated carbocycles. The molecule has 1 unspecified atom stereocenters. The third kappa shape index (κ3) is 5.88. The van der Waals surface area contributed by atoms with Gasteiger partial charge < -0.3 is 19.8 Å². The van der Waals surface area contributed by atoms with Gasteiger partial charge in [0.2, 0.25) is 0 Å². The van der Waals surface area contributed by atoms with Gasteiger partial charge in [-0.15, -0.1) is 0 Å². The number of aromatic nitrogens is 1. The summed E-state index contributed by atoms with van der Waals surface area (Å²) < 4.78 is 11.9. The van der Waals surface area contributed by atoms with Crippen LogP contribution in [-0.2, 0) is 6.54 Å². The number of H-pyrrole nitrogens is 1. The number of anilines is 1. The summed E-state index contributed by atoms with van der Waals surface area (Å²) in [6.45, 7) is 2.40. The molecular formula is C29H32N4O4S. The van der Waals surface area contributed by atoms with Crippen LogP contribution in [0, 0.1) is 0 Å². The van der Waals surface area contributed by atoms with Crippen molar-refractivity contribution in [3.05, 3.63) is 77.6 Å². The predicted molar refractivity (Wildman–Crippen MR) is 150 cm³/mol. The van der Waals surface area contributed by atoms with E-state index in [1.54, 1.807) is 25.4 Å². The van der Waals surface area contributed by atoms with E-state index >= 15 is 0 Å². The molecule has 2 aromatic carbocycles. The molecule has 0 spiro atoms. The largest absolute Gasteiger partial charge is 0.493 e. The molecule has 38 heavy (non-hydrogen) atoms. The molecule has 1 aliphatic heterocycles. The summed E-state index contributed by atoms with van der Waals surface area (Å²) >= 11 is 1.30. The maximum Gasteiger partial charge on any atom is 0.302 e. The van der Waals surface area contributed by atoms with Crippen LogP contribution < -0.4 is 14.8 Å². The van der Waals surface area contributed by atoms with Crippen molar-refractivity contribution >= 4 is 34.3 Å². The zero-order valence-electron chi connectivity index (χ0n) is 21.6. The summed E-state index contributed by atoms with van der Waals surface area (Å²) in [5.74, 6) is 1.22. The van der Waals surface area contributed by atoms with Gasteiger partial charge in [-0.3, -0.25) is 9.59 Å². The average Bonchev–Trinajstić information content (AvgIpc) is 3.66. The van der Waals surface area contributed by atoms with Crippen LogP contribution in [0.5, 0.6) is 11.5 Å². The number of hydrogen-bond acceptors (Lipinski definition) is 6. The van der Waals surface area contributed by atoms with Crippen molar-refractivity contribution in [2.45, 2.75) is 56.9 Å². The summed E-state index contributed by atoms with van der Waals surface area (Å²) in [7, 11) is 1.65. The Labute approximate surface area is 226 Å². The fourth-order valence-electron chi connectivity index (χ4n) is 4.74. The van der Waals surface area contributed by atoms with Gasteiger partial charge in [0.25, 0.3) is 5.91 Å². The molecule has 198 valence electrons. The normalized spacial score (nSPS) is 17.8. The molecule has 2 heterocycles. The number of aromatic amines is 1. The number of benzene rings is 2. The lowest BCUT2D eigenvalue weighted by Crippen LogP contribution is -2.34. The van der Waals surface area contributed by atoms with Crippen LogP contribution >= 0.6 is 11.8 Å². The molecule has 1 aromatic heterocycles. The minimum atomic E-state index is -0.207. The van der Waals surface area contributed by atoms with E-state index in [1.807, 2.05) is 42.5 Å². The summed E-state index contributed by atoms with van der Waals surface area (Å²) in [5.41, 5.74) is 3.86. The zero-order valence-corrected chi connectivity index (χ0v) is 22.4. The minimum Gasteiger partial charge on any atom is -0.493 e. The summed E-state index contributed by atoms with van der Waals surface area (Å²) in [4.78, 5) is 28.1. The Bertz CT molecular complexity index is 1300. The molecule has 5 rings (SSSR count). The maximum atomic E-state index is 13.0. The van der Waals surface area contributed by atoms with Gasteiger partial charge in [0.15, 0.2) is 11.5 Å². The van der Waals surface area contributed by atoms with Crippen LogP contribution in [0.15, 0.2) is 65.9 Å². The van der Waals surface area contributed by atoms with Gasteiger partial charge in [0.05, 0.1) is 30.7 Å². The molecule has 2 aliphatic rings. The minimum absolute atomic E-state index is 0.0444. The molecule has 1 aliphatic carbocycles. The Morgan fingerprint density at radius 3 is 2.61 bits per heavy atom. The highest BCUT2D eigenvalue weighted by Crippen LogP contribution is 2.36. The summed E-state index contributed by atoms with van der Waals surface area (Å²) in [6.07, 6.45) is 7.17. The molecule has 0 radical (unpaired) electrons. The quantitative estimate of drug-likeness (QED) is 0.330. The number of nitrogens with one attached hydrogen (secondary N) is 2. The van der Waals surface area contributed by atoms with E-state index in [4.69, 9.17) is 14.6 Å². The summed E-state index contributed by atoms with van der Waals surface area (Å²) in [5, 5.41) is 9.07. The molecule has 8 nitrogen and oxygen atoms in total. The first-order chi connectivity index (χ1) is 18.5. The number of amides is 2. The number of carbonyl (C=O) groups is 2. The Hall–Kier alpha value is -3.72. The Kier molecular flexibility index (Phi) is 8.03. The molecule has 2 N–H and O–H groups in total. The fraction of sp³-hybridized carbons (Fsp3) is 0.345. The van der Waals surface area contributed by atoms with E-state index in [0.717, 1.165) is 41.9 Å². The Balaban J connectivity index is 1.34. The Morgan fingerprint density at radius 2 is 1.92 bits per heavy atom. The van der Waals surface area contributed by atoms with E-state index in [-0.39, 0.29) is 22.5 Å². The molecule has 0 saturated heterocycles. The standard InChI is InChI=1S/C29H32N4O4S/c1-3-26-27(20-12-15-24(36-2)25(17-20)37-22-7-4-5-8-22)32-33(29(35)38-26)18-19-10-13-21(14-11-19)31-28(34)23-9-6-16-30-23/h6,9-17,22,26,30H,3-5,7-8,18H2,1-2H3,(H,31,34). The van der Waals surface area contributed by atoms with Gasteiger partial charge in [-0.1, -0.05) is 30.8 Å². The third-order valence-electron chi connectivity index (χ3n) is 6.80. The molecule has 2 amide bonds. The van der Waals surface area contributed by atoms with E-state index < -0.39 is 0 Å². The smallest absolute Gasteiger partial charge is 0.302 e. The fourth-order valence-corrected chi connectivity index (χ4v) is 5.68. The highest BCUT2D eigenvalue weighted by molar-refractivity contribution is 8.14. The average molecular weight is 533 g/mol. The molecule has 1 fully saturated rings. The number of hydrazone groups is 1. The van der Waals surface area contributed by atoms with Crippen molar-refractivity contribution in [2.24, 2.45) is 5.10 Å². The van der Waals surface area contributed by atoms with Crippen molar-refractivity contribution in [1.29, 1.82) is 0 Å². The summed E-state index contributed by atoms with van der Waals surface area (Å²) in [6, 6.07) is 16.8. The SMILES string of the molecule is CCC1SC(=O)N(Cc2ccc(NC(=O)c3ccc[nH]3)cc2)N=C1c1ccc(OC)c(OC2CCCC2)c1. The monoisotopic (exact) mass is 532 g/mol. The lowest BCUT2D eigenvalue weighted by Gasteiger charge is -2.29. The number of ether oxygens (including phenoxy) is 2. The number of carbonyl (C=O) groups excluding carboxylic acids is 2. The molecule has 9 heteroatoms. The molecule has 3 aromatic rings. The zero-order chi connectivity index (χ0) is 26.5. The van der Waals surface area contributed by atoms with E-state index in [0.29, 0.717) is 23.7 Å². The van der Waals surface area contributed by atoms with Crippen LogP contribution in [0.25, 0.3) is 0 Å². The first-order valence-corrected chi connectivity index (χ1v) is 13.9. The topological polar surface area (TPSA) is 96.0 Å². The molecule has 1 atom stereocenters. The lowest BCUT2D eigenvalue weighted by atomic mass is 10.0. The maximum absolute atomic E-state index is 13.0. The van der Waals surface area contributed by atoms with E-state index in [9.17, 15) is 9.59 Å². The van der Waals surface area contributed by atoms with Crippen molar-refractivity contribution in [3.8, 4) is 11.5 Å². The Morgan fingerprint density at radius 1 is 1.13 bits per heavy atom. The van der Waals surface area contributed by atoms with E-state index in [2.05, 4.69) is 17.2 Å². The van der Waals surface area contributed by atoms with Crippen LogP contribution in [0.2, 0.25) is 0 Å². The number of methoxy groups -OCH3 is 1. The van der Waals surface area contributed by atoms with Crippen molar-refractivity contribution < 1.29 is 19.1 Å². The second-order valence-electron chi connectivity index (χ2n) is 9.45. The highest BCUT2D eigenvalue weighted by Gasteiger charge is 2.31. The van der Waals surface area contributed by atoms with Crippen LogP contribution in [0.3, 0.4) is 0 Å². The number of thioether (sulfide) groups is 1. The third-order valence-corrected chi connectivity index (χ3v) is 8.05.